The van der Waals surface area contributed by atoms with Crippen molar-refractivity contribution in [1.29, 1.82) is 0 Å². The normalized spacial score (nSPS) is 17.9. The molecule has 1 fully saturated rings. The zero-order valence-corrected chi connectivity index (χ0v) is 11.8. The maximum atomic E-state index is 14.1. The number of aryl methyl sites for hydroxylation is 1. The first kappa shape index (κ1) is 14.1. The van der Waals surface area contributed by atoms with Gasteiger partial charge in [-0.15, -0.1) is 0 Å². The molecule has 116 valence electrons. The fraction of sp³-hybridized carbons (Fsp3) is 0.308. The largest absolute Gasteiger partial charge is 0.434 e. The van der Waals surface area contributed by atoms with Gasteiger partial charge >= 0.3 is 11.8 Å². The number of nitrogens with zero attached hydrogens (tertiary/aromatic N) is 2. The summed E-state index contributed by atoms with van der Waals surface area (Å²) in [5, 5.41) is 2.37. The van der Waals surface area contributed by atoms with E-state index in [1.807, 2.05) is 0 Å². The molecule has 0 bridgehead atoms. The van der Waals surface area contributed by atoms with E-state index < -0.39 is 29.7 Å². The van der Waals surface area contributed by atoms with Crippen molar-refractivity contribution in [3.05, 3.63) is 28.5 Å². The van der Waals surface area contributed by atoms with E-state index in [4.69, 9.17) is 9.15 Å². The van der Waals surface area contributed by atoms with Crippen LogP contribution >= 0.6 is 0 Å². The maximum Gasteiger partial charge on any atom is 0.419 e. The van der Waals surface area contributed by atoms with Gasteiger partial charge in [0.2, 0.25) is 0 Å². The standard InChI is InChI=1S/C13H12FN3O5/c1-15-11(18)9-5-17(13(20)22-9)6-3-7(14)10-8(4-6)21-12(19)16(10)2/h3-4,9H,5H2,1-2H3,(H,15,18)/t9-/m1/s1. The summed E-state index contributed by atoms with van der Waals surface area (Å²) in [5.74, 6) is -1.88. The topological polar surface area (TPSA) is 93.8 Å². The number of oxazole rings is 1. The molecule has 0 unspecified atom stereocenters. The number of carbonyl (C=O) groups is 2. The van der Waals surface area contributed by atoms with E-state index in [0.29, 0.717) is 0 Å². The maximum absolute atomic E-state index is 14.1. The summed E-state index contributed by atoms with van der Waals surface area (Å²) in [6.07, 6.45) is -1.75. The lowest BCUT2D eigenvalue weighted by Gasteiger charge is -2.12. The van der Waals surface area contributed by atoms with Crippen LogP contribution in [0.2, 0.25) is 0 Å². The lowest BCUT2D eigenvalue weighted by Crippen LogP contribution is -2.35. The van der Waals surface area contributed by atoms with Gasteiger partial charge in [0, 0.05) is 26.2 Å². The molecular formula is C13H12FN3O5. The minimum Gasteiger partial charge on any atom is -0.434 e. The van der Waals surface area contributed by atoms with E-state index in [0.717, 1.165) is 15.5 Å². The number of carbonyl (C=O) groups excluding carboxylic acids is 2. The Morgan fingerprint density at radius 3 is 2.82 bits per heavy atom. The van der Waals surface area contributed by atoms with Gasteiger partial charge in [0.1, 0.15) is 5.52 Å². The Bertz CT molecular complexity index is 840. The molecule has 3 rings (SSSR count). The molecule has 1 N–H and O–H groups in total. The Hall–Kier alpha value is -2.84. The van der Waals surface area contributed by atoms with Crippen LogP contribution in [0.5, 0.6) is 0 Å². The van der Waals surface area contributed by atoms with Gasteiger partial charge in [-0.3, -0.25) is 14.3 Å². The van der Waals surface area contributed by atoms with Crippen LogP contribution in [0, 0.1) is 5.82 Å². The minimum atomic E-state index is -0.973. The number of aromatic nitrogens is 1. The van der Waals surface area contributed by atoms with Crippen LogP contribution < -0.4 is 16.0 Å². The highest BCUT2D eigenvalue weighted by molar-refractivity contribution is 5.96. The highest BCUT2D eigenvalue weighted by atomic mass is 19.1. The van der Waals surface area contributed by atoms with Gasteiger partial charge in [0.15, 0.2) is 17.5 Å². The van der Waals surface area contributed by atoms with Crippen molar-refractivity contribution in [2.75, 3.05) is 18.5 Å². The molecule has 8 nitrogen and oxygen atoms in total. The molecule has 1 aliphatic rings. The van der Waals surface area contributed by atoms with Crippen LogP contribution in [0.25, 0.3) is 11.1 Å². The molecule has 2 heterocycles. The summed E-state index contributed by atoms with van der Waals surface area (Å²) in [7, 11) is 2.80. The first-order valence-corrected chi connectivity index (χ1v) is 6.41. The van der Waals surface area contributed by atoms with E-state index in [1.54, 1.807) is 0 Å². The van der Waals surface area contributed by atoms with Crippen molar-refractivity contribution < 1.29 is 23.1 Å². The van der Waals surface area contributed by atoms with Crippen molar-refractivity contribution in [1.82, 2.24) is 9.88 Å². The molecule has 22 heavy (non-hydrogen) atoms. The fourth-order valence-electron chi connectivity index (χ4n) is 2.34. The molecular weight excluding hydrogens is 297 g/mol. The van der Waals surface area contributed by atoms with Gasteiger partial charge in [0.25, 0.3) is 5.91 Å². The van der Waals surface area contributed by atoms with Crippen molar-refractivity contribution in [2.24, 2.45) is 7.05 Å². The first-order valence-electron chi connectivity index (χ1n) is 6.41. The second-order valence-corrected chi connectivity index (χ2v) is 4.80. The molecule has 0 saturated carbocycles. The van der Waals surface area contributed by atoms with E-state index in [1.165, 1.54) is 20.2 Å². The van der Waals surface area contributed by atoms with E-state index in [9.17, 15) is 18.8 Å². The van der Waals surface area contributed by atoms with E-state index >= 15 is 0 Å². The van der Waals surface area contributed by atoms with Crippen molar-refractivity contribution in [3.8, 4) is 0 Å². The number of halogens is 1. The van der Waals surface area contributed by atoms with Crippen LogP contribution in [-0.2, 0) is 16.6 Å². The quantitative estimate of drug-likeness (QED) is 0.863. The summed E-state index contributed by atoms with van der Waals surface area (Å²) >= 11 is 0. The molecule has 1 aliphatic heterocycles. The van der Waals surface area contributed by atoms with Crippen LogP contribution in [0.15, 0.2) is 21.3 Å². The highest BCUT2D eigenvalue weighted by Gasteiger charge is 2.37. The number of hydrogen-bond acceptors (Lipinski definition) is 5. The molecule has 1 aromatic heterocycles. The number of cyclic esters (lactones) is 1. The molecule has 9 heteroatoms. The van der Waals surface area contributed by atoms with E-state index in [-0.39, 0.29) is 23.3 Å². The number of hydrogen-bond donors (Lipinski definition) is 1. The lowest BCUT2D eigenvalue weighted by atomic mass is 10.2. The molecule has 1 aromatic carbocycles. The zero-order valence-electron chi connectivity index (χ0n) is 11.8. The van der Waals surface area contributed by atoms with Gasteiger partial charge < -0.3 is 14.5 Å². The third-order valence-electron chi connectivity index (χ3n) is 3.48. The molecule has 0 aliphatic carbocycles. The summed E-state index contributed by atoms with van der Waals surface area (Å²) < 4.78 is 25.0. The van der Waals surface area contributed by atoms with Gasteiger partial charge in [-0.05, 0) is 0 Å². The van der Waals surface area contributed by atoms with Gasteiger partial charge in [-0.1, -0.05) is 0 Å². The molecule has 2 amide bonds. The molecule has 0 radical (unpaired) electrons. The number of ether oxygens (including phenoxy) is 1. The second kappa shape index (κ2) is 4.86. The van der Waals surface area contributed by atoms with Gasteiger partial charge in [0.05, 0.1) is 12.2 Å². The SMILES string of the molecule is CNC(=O)[C@H]1CN(c2cc(F)c3c(c2)oc(=O)n3C)C(=O)O1. The Morgan fingerprint density at radius 2 is 2.14 bits per heavy atom. The number of likely N-dealkylation sites (N-methyl/N-ethyl adjacent to an activating group) is 1. The third kappa shape index (κ3) is 2.01. The summed E-state index contributed by atoms with van der Waals surface area (Å²) in [6.45, 7) is -0.0550. The predicted octanol–water partition coefficient (Wildman–Crippen LogP) is 0.342. The molecule has 2 aromatic rings. The van der Waals surface area contributed by atoms with Crippen molar-refractivity contribution in [3.63, 3.8) is 0 Å². The number of anilines is 1. The van der Waals surface area contributed by atoms with Crippen LogP contribution in [-0.4, -0.2) is 36.3 Å². The number of amides is 2. The van der Waals surface area contributed by atoms with Gasteiger partial charge in [-0.25, -0.2) is 14.0 Å². The molecule has 1 saturated heterocycles. The van der Waals surface area contributed by atoms with Crippen LogP contribution in [0.4, 0.5) is 14.9 Å². The second-order valence-electron chi connectivity index (χ2n) is 4.80. The zero-order chi connectivity index (χ0) is 16.0. The van der Waals surface area contributed by atoms with Crippen LogP contribution in [0.1, 0.15) is 0 Å². The van der Waals surface area contributed by atoms with Crippen LogP contribution in [0.3, 0.4) is 0 Å². The Morgan fingerprint density at radius 1 is 1.41 bits per heavy atom. The third-order valence-corrected chi connectivity index (χ3v) is 3.48. The van der Waals surface area contributed by atoms with Crippen molar-refractivity contribution >= 4 is 28.8 Å². The lowest BCUT2D eigenvalue weighted by molar-refractivity contribution is -0.127. The summed E-state index contributed by atoms with van der Waals surface area (Å²) in [6, 6.07) is 2.44. The molecule has 0 spiro atoms. The average molecular weight is 309 g/mol. The monoisotopic (exact) mass is 309 g/mol. The molecule has 1 atom stereocenters. The highest BCUT2D eigenvalue weighted by Crippen LogP contribution is 2.27. The Labute approximate surface area is 123 Å². The number of rotatable bonds is 2. The first-order chi connectivity index (χ1) is 10.4. The summed E-state index contributed by atoms with van der Waals surface area (Å²) in [4.78, 5) is 35.9. The smallest absolute Gasteiger partial charge is 0.419 e. The van der Waals surface area contributed by atoms with Gasteiger partial charge in [-0.2, -0.15) is 0 Å². The van der Waals surface area contributed by atoms with E-state index in [2.05, 4.69) is 5.32 Å². The summed E-state index contributed by atoms with van der Waals surface area (Å²) in [5.41, 5.74) is 0.165. The Balaban J connectivity index is 2.02. The predicted molar refractivity (Wildman–Crippen MR) is 73.1 cm³/mol. The number of benzene rings is 1. The number of fused-ring (bicyclic) bond motifs is 1. The fourth-order valence-corrected chi connectivity index (χ4v) is 2.34. The van der Waals surface area contributed by atoms with Crippen molar-refractivity contribution in [2.45, 2.75) is 6.10 Å². The minimum absolute atomic E-state index is 0.00386. The Kier molecular flexibility index (Phi) is 3.12. The number of nitrogens with one attached hydrogen (secondary N) is 1. The average Bonchev–Trinajstić information content (AvgIpc) is 2.99.